The third-order valence-electron chi connectivity index (χ3n) is 5.02. The molecular weight excluding hydrogens is 465 g/mol. The summed E-state index contributed by atoms with van der Waals surface area (Å²) in [5.41, 5.74) is 7.46. The highest BCUT2D eigenvalue weighted by atomic mass is 19.1. The van der Waals surface area contributed by atoms with Crippen LogP contribution in [-0.2, 0) is 22.4 Å². The minimum Gasteiger partial charge on any atom is -0.497 e. The lowest BCUT2D eigenvalue weighted by Crippen LogP contribution is -2.17. The SMILES string of the molecule is COc1ccc(CCNc2nc(NCCOCCOCCN)nc(NCc3ccc(F)cc3)n2)cc1. The second-order valence-corrected chi connectivity index (χ2v) is 7.75. The number of nitrogens with zero attached hydrogens (tertiary/aromatic N) is 3. The third kappa shape index (κ3) is 9.98. The van der Waals surface area contributed by atoms with Gasteiger partial charge in [-0.15, -0.1) is 0 Å². The van der Waals surface area contributed by atoms with Crippen molar-refractivity contribution < 1.29 is 18.6 Å². The molecule has 0 saturated heterocycles. The molecule has 3 aromatic rings. The van der Waals surface area contributed by atoms with Gasteiger partial charge in [-0.25, -0.2) is 4.39 Å². The van der Waals surface area contributed by atoms with Gasteiger partial charge in [-0.2, -0.15) is 15.0 Å². The highest BCUT2D eigenvalue weighted by Gasteiger charge is 2.07. The van der Waals surface area contributed by atoms with Gasteiger partial charge in [-0.05, 0) is 41.8 Å². The number of halogens is 1. The lowest BCUT2D eigenvalue weighted by Gasteiger charge is -2.12. The second kappa shape index (κ2) is 15.5. The number of nitrogens with two attached hydrogens (primary N) is 1. The standard InChI is InChI=1S/C25H34FN7O3/c1-34-22-8-4-19(5-9-22)10-12-28-23-31-24(29-13-15-36-17-16-35-14-11-27)33-25(32-23)30-18-20-2-6-21(26)7-3-20/h2-9H,10-18,27H2,1H3,(H3,28,29,30,31,32,33). The van der Waals surface area contributed by atoms with Crippen LogP contribution in [0.3, 0.4) is 0 Å². The fraction of sp³-hybridized carbons (Fsp3) is 0.400. The Morgan fingerprint density at radius 3 is 1.94 bits per heavy atom. The Labute approximate surface area is 210 Å². The van der Waals surface area contributed by atoms with Gasteiger partial charge in [-0.1, -0.05) is 24.3 Å². The molecule has 10 nitrogen and oxygen atoms in total. The van der Waals surface area contributed by atoms with Gasteiger partial charge in [0.05, 0.1) is 33.5 Å². The van der Waals surface area contributed by atoms with Crippen LogP contribution in [0.4, 0.5) is 22.2 Å². The smallest absolute Gasteiger partial charge is 0.229 e. The Balaban J connectivity index is 1.55. The molecule has 0 unspecified atom stereocenters. The van der Waals surface area contributed by atoms with Crippen molar-refractivity contribution in [2.45, 2.75) is 13.0 Å². The normalized spacial score (nSPS) is 10.8. The molecule has 1 aromatic heterocycles. The van der Waals surface area contributed by atoms with E-state index in [-0.39, 0.29) is 5.82 Å². The van der Waals surface area contributed by atoms with Crippen molar-refractivity contribution in [3.63, 3.8) is 0 Å². The number of aromatic nitrogens is 3. The Morgan fingerprint density at radius 2 is 1.31 bits per heavy atom. The van der Waals surface area contributed by atoms with Crippen molar-refractivity contribution >= 4 is 17.8 Å². The molecule has 0 amide bonds. The molecular formula is C25H34FN7O3. The molecule has 0 saturated carbocycles. The predicted octanol–water partition coefficient (Wildman–Crippen LogP) is 2.69. The fourth-order valence-electron chi connectivity index (χ4n) is 3.15. The van der Waals surface area contributed by atoms with Crippen LogP contribution < -0.4 is 26.4 Å². The molecule has 194 valence electrons. The number of anilines is 3. The molecule has 0 atom stereocenters. The molecule has 5 N–H and O–H groups in total. The predicted molar refractivity (Wildman–Crippen MR) is 138 cm³/mol. The van der Waals surface area contributed by atoms with Crippen LogP contribution in [0.5, 0.6) is 5.75 Å². The molecule has 0 aliphatic rings. The highest BCUT2D eigenvalue weighted by Crippen LogP contribution is 2.14. The first kappa shape index (κ1) is 27.1. The summed E-state index contributed by atoms with van der Waals surface area (Å²) in [4.78, 5) is 13.4. The van der Waals surface area contributed by atoms with E-state index in [1.165, 1.54) is 12.1 Å². The summed E-state index contributed by atoms with van der Waals surface area (Å²) in [5, 5.41) is 9.60. The zero-order valence-electron chi connectivity index (χ0n) is 20.5. The summed E-state index contributed by atoms with van der Waals surface area (Å²) < 4.78 is 29.2. The van der Waals surface area contributed by atoms with Gasteiger partial charge in [-0.3, -0.25) is 0 Å². The maximum atomic E-state index is 13.2. The lowest BCUT2D eigenvalue weighted by molar-refractivity contribution is 0.0547. The van der Waals surface area contributed by atoms with E-state index in [9.17, 15) is 4.39 Å². The molecule has 0 radical (unpaired) electrons. The molecule has 0 aliphatic carbocycles. The number of hydrogen-bond donors (Lipinski definition) is 4. The minimum atomic E-state index is -0.276. The summed E-state index contributed by atoms with van der Waals surface area (Å²) in [6, 6.07) is 14.2. The number of nitrogens with one attached hydrogen (secondary N) is 3. The number of rotatable bonds is 17. The van der Waals surface area contributed by atoms with Gasteiger partial charge < -0.3 is 35.9 Å². The van der Waals surface area contributed by atoms with E-state index in [0.717, 1.165) is 23.3 Å². The van der Waals surface area contributed by atoms with Crippen molar-refractivity contribution in [1.82, 2.24) is 15.0 Å². The Kier molecular flexibility index (Phi) is 11.6. The molecule has 1 heterocycles. The molecule has 0 bridgehead atoms. The molecule has 36 heavy (non-hydrogen) atoms. The Hall–Kier alpha value is -3.54. The summed E-state index contributed by atoms with van der Waals surface area (Å²) in [5.74, 6) is 1.81. The zero-order chi connectivity index (χ0) is 25.4. The first-order valence-electron chi connectivity index (χ1n) is 11.9. The van der Waals surface area contributed by atoms with E-state index in [4.69, 9.17) is 19.9 Å². The van der Waals surface area contributed by atoms with Gasteiger partial charge in [0.2, 0.25) is 17.8 Å². The van der Waals surface area contributed by atoms with Crippen molar-refractivity contribution in [2.24, 2.45) is 5.73 Å². The molecule has 0 spiro atoms. The van der Waals surface area contributed by atoms with Crippen molar-refractivity contribution in [3.8, 4) is 5.75 Å². The van der Waals surface area contributed by atoms with Crippen LogP contribution in [0.15, 0.2) is 48.5 Å². The van der Waals surface area contributed by atoms with Crippen LogP contribution >= 0.6 is 0 Å². The van der Waals surface area contributed by atoms with E-state index in [2.05, 4.69) is 30.9 Å². The van der Waals surface area contributed by atoms with Crippen molar-refractivity contribution in [3.05, 3.63) is 65.5 Å². The van der Waals surface area contributed by atoms with E-state index < -0.39 is 0 Å². The number of ether oxygens (including phenoxy) is 3. The molecule has 3 rings (SSSR count). The average molecular weight is 500 g/mol. The van der Waals surface area contributed by atoms with E-state index in [0.29, 0.717) is 70.5 Å². The fourth-order valence-corrected chi connectivity index (χ4v) is 3.15. The molecule has 11 heteroatoms. The van der Waals surface area contributed by atoms with E-state index in [1.807, 2.05) is 24.3 Å². The van der Waals surface area contributed by atoms with Gasteiger partial charge >= 0.3 is 0 Å². The third-order valence-corrected chi connectivity index (χ3v) is 5.02. The van der Waals surface area contributed by atoms with Crippen LogP contribution in [0, 0.1) is 5.82 Å². The van der Waals surface area contributed by atoms with Gasteiger partial charge in [0.25, 0.3) is 0 Å². The molecule has 0 aliphatic heterocycles. The van der Waals surface area contributed by atoms with Crippen LogP contribution in [-0.4, -0.2) is 68.1 Å². The topological polar surface area (TPSA) is 128 Å². The maximum absolute atomic E-state index is 13.2. The maximum Gasteiger partial charge on any atom is 0.229 e. The van der Waals surface area contributed by atoms with Gasteiger partial charge in [0, 0.05) is 26.2 Å². The second-order valence-electron chi connectivity index (χ2n) is 7.75. The Morgan fingerprint density at radius 1 is 0.722 bits per heavy atom. The highest BCUT2D eigenvalue weighted by molar-refractivity contribution is 5.42. The number of methoxy groups -OCH3 is 1. The molecule has 0 fully saturated rings. The average Bonchev–Trinajstić information content (AvgIpc) is 2.90. The van der Waals surface area contributed by atoms with Crippen molar-refractivity contribution in [1.29, 1.82) is 0 Å². The zero-order valence-corrected chi connectivity index (χ0v) is 20.5. The lowest BCUT2D eigenvalue weighted by atomic mass is 10.1. The summed E-state index contributed by atoms with van der Waals surface area (Å²) >= 11 is 0. The summed E-state index contributed by atoms with van der Waals surface area (Å²) in [6.07, 6.45) is 0.789. The number of hydrogen-bond acceptors (Lipinski definition) is 10. The van der Waals surface area contributed by atoms with E-state index in [1.54, 1.807) is 19.2 Å². The van der Waals surface area contributed by atoms with Crippen LogP contribution in [0.1, 0.15) is 11.1 Å². The van der Waals surface area contributed by atoms with Crippen LogP contribution in [0.2, 0.25) is 0 Å². The monoisotopic (exact) mass is 499 g/mol. The first-order valence-corrected chi connectivity index (χ1v) is 11.9. The van der Waals surface area contributed by atoms with Crippen molar-refractivity contribution in [2.75, 3.05) is 69.1 Å². The Bertz CT molecular complexity index is 1020. The summed E-state index contributed by atoms with van der Waals surface area (Å²) in [6.45, 7) is 4.08. The van der Waals surface area contributed by atoms with E-state index >= 15 is 0 Å². The first-order chi connectivity index (χ1) is 17.7. The largest absolute Gasteiger partial charge is 0.497 e. The quantitative estimate of drug-likeness (QED) is 0.206. The van der Waals surface area contributed by atoms with Crippen LogP contribution in [0.25, 0.3) is 0 Å². The summed E-state index contributed by atoms with van der Waals surface area (Å²) in [7, 11) is 1.65. The minimum absolute atomic E-state index is 0.276. The van der Waals surface area contributed by atoms with Gasteiger partial charge in [0.15, 0.2) is 0 Å². The molecule has 2 aromatic carbocycles. The number of benzene rings is 2. The van der Waals surface area contributed by atoms with Gasteiger partial charge in [0.1, 0.15) is 11.6 Å².